The average Bonchev–Trinajstić information content (AvgIpc) is 2.78. The van der Waals surface area contributed by atoms with Crippen LogP contribution in [0.1, 0.15) is 6.42 Å². The number of fused-ring (bicyclic) bond motifs is 1. The van der Waals surface area contributed by atoms with Crippen molar-refractivity contribution in [2.75, 3.05) is 20.1 Å². The van der Waals surface area contributed by atoms with Gasteiger partial charge in [-0.05, 0) is 49.7 Å². The molecule has 2 rings (SSSR count). The zero-order chi connectivity index (χ0) is 13.9. The zero-order valence-corrected chi connectivity index (χ0v) is 12.8. The summed E-state index contributed by atoms with van der Waals surface area (Å²) in [6, 6.07) is 7.03. The van der Waals surface area contributed by atoms with Crippen molar-refractivity contribution in [2.24, 2.45) is 0 Å². The van der Waals surface area contributed by atoms with Crippen molar-refractivity contribution >= 4 is 43.0 Å². The topological polar surface area (TPSA) is 58.2 Å². The predicted octanol–water partition coefficient (Wildman–Crippen LogP) is 2.44. The first-order valence-electron chi connectivity index (χ1n) is 5.86. The van der Waals surface area contributed by atoms with Crippen LogP contribution in [0, 0.1) is 0 Å². The Labute approximate surface area is 121 Å². The van der Waals surface area contributed by atoms with Crippen LogP contribution in [-0.4, -0.2) is 28.6 Å². The lowest BCUT2D eigenvalue weighted by atomic mass is 10.3. The molecule has 0 saturated carbocycles. The van der Waals surface area contributed by atoms with Gasteiger partial charge >= 0.3 is 0 Å². The molecule has 0 unspecified atom stereocenters. The van der Waals surface area contributed by atoms with Crippen LogP contribution in [0.3, 0.4) is 0 Å². The second kappa shape index (κ2) is 6.19. The fourth-order valence-corrected chi connectivity index (χ4v) is 4.34. The molecule has 0 radical (unpaired) electrons. The van der Waals surface area contributed by atoms with E-state index >= 15 is 0 Å². The third-order valence-electron chi connectivity index (χ3n) is 2.62. The van der Waals surface area contributed by atoms with E-state index in [1.54, 1.807) is 18.2 Å². The first-order chi connectivity index (χ1) is 9.03. The summed E-state index contributed by atoms with van der Waals surface area (Å²) in [5.74, 6) is 0. The molecule has 2 aromatic rings. The van der Waals surface area contributed by atoms with E-state index in [0.29, 0.717) is 15.8 Å². The van der Waals surface area contributed by atoms with Crippen LogP contribution in [0.25, 0.3) is 10.1 Å². The number of hydrogen-bond acceptors (Lipinski definition) is 4. The molecular weight excluding hydrogens is 304 g/mol. The number of benzene rings is 1. The van der Waals surface area contributed by atoms with Crippen molar-refractivity contribution in [1.82, 2.24) is 10.0 Å². The summed E-state index contributed by atoms with van der Waals surface area (Å²) in [7, 11) is -1.58. The lowest BCUT2D eigenvalue weighted by Gasteiger charge is -2.03. The Morgan fingerprint density at radius 3 is 2.79 bits per heavy atom. The maximum Gasteiger partial charge on any atom is 0.250 e. The molecule has 0 amide bonds. The first kappa shape index (κ1) is 14.7. The Bertz CT molecular complexity index is 667. The van der Waals surface area contributed by atoms with Crippen LogP contribution in [0.4, 0.5) is 0 Å². The van der Waals surface area contributed by atoms with Crippen LogP contribution in [0.15, 0.2) is 28.5 Å². The summed E-state index contributed by atoms with van der Waals surface area (Å²) in [6.45, 7) is 1.21. The van der Waals surface area contributed by atoms with E-state index in [0.717, 1.165) is 23.1 Å². The summed E-state index contributed by atoms with van der Waals surface area (Å²) in [5.41, 5.74) is 0. The molecule has 19 heavy (non-hydrogen) atoms. The Hall–Kier alpha value is -0.660. The SMILES string of the molecule is CNCCCNS(=O)(=O)c1cc2cc(Cl)ccc2s1. The van der Waals surface area contributed by atoms with E-state index in [1.807, 2.05) is 13.1 Å². The summed E-state index contributed by atoms with van der Waals surface area (Å²) in [4.78, 5) is 0. The van der Waals surface area contributed by atoms with Crippen molar-refractivity contribution in [3.8, 4) is 0 Å². The standard InChI is InChI=1S/C12H15ClN2O2S2/c1-14-5-2-6-15-19(16,17)12-8-9-7-10(13)3-4-11(9)18-12/h3-4,7-8,14-15H,2,5-6H2,1H3. The maximum absolute atomic E-state index is 12.1. The molecule has 1 aromatic carbocycles. The smallest absolute Gasteiger partial charge is 0.250 e. The molecule has 4 nitrogen and oxygen atoms in total. The highest BCUT2D eigenvalue weighted by Gasteiger charge is 2.16. The monoisotopic (exact) mass is 318 g/mol. The molecule has 0 saturated heterocycles. The molecule has 0 atom stereocenters. The molecule has 7 heteroatoms. The predicted molar refractivity (Wildman–Crippen MR) is 80.6 cm³/mol. The van der Waals surface area contributed by atoms with Crippen molar-refractivity contribution < 1.29 is 8.42 Å². The first-order valence-corrected chi connectivity index (χ1v) is 8.54. The number of halogens is 1. The Balaban J connectivity index is 2.18. The van der Waals surface area contributed by atoms with Crippen molar-refractivity contribution in [3.05, 3.63) is 29.3 Å². The largest absolute Gasteiger partial charge is 0.320 e. The summed E-state index contributed by atoms with van der Waals surface area (Å²) in [6.07, 6.45) is 0.756. The number of thiophene rings is 1. The summed E-state index contributed by atoms with van der Waals surface area (Å²) in [5, 5.41) is 4.44. The van der Waals surface area contributed by atoms with Gasteiger partial charge in [-0.25, -0.2) is 13.1 Å². The molecule has 0 spiro atoms. The highest BCUT2D eigenvalue weighted by Crippen LogP contribution is 2.30. The number of rotatable bonds is 6. The van der Waals surface area contributed by atoms with Gasteiger partial charge < -0.3 is 5.32 Å². The average molecular weight is 319 g/mol. The minimum Gasteiger partial charge on any atom is -0.320 e. The third kappa shape index (κ3) is 3.67. The van der Waals surface area contributed by atoms with Crippen molar-refractivity contribution in [1.29, 1.82) is 0 Å². The molecule has 1 heterocycles. The second-order valence-electron chi connectivity index (χ2n) is 4.10. The van der Waals surface area contributed by atoms with Crippen LogP contribution in [0.2, 0.25) is 5.02 Å². The molecule has 0 aliphatic heterocycles. The van der Waals surface area contributed by atoms with Gasteiger partial charge in [-0.2, -0.15) is 0 Å². The van der Waals surface area contributed by atoms with Gasteiger partial charge in [0.2, 0.25) is 10.0 Å². The lowest BCUT2D eigenvalue weighted by Crippen LogP contribution is -2.26. The van der Waals surface area contributed by atoms with E-state index in [1.165, 1.54) is 11.3 Å². The van der Waals surface area contributed by atoms with Gasteiger partial charge in [0, 0.05) is 16.3 Å². The van der Waals surface area contributed by atoms with Gasteiger partial charge in [0.1, 0.15) is 4.21 Å². The van der Waals surface area contributed by atoms with Gasteiger partial charge in [-0.3, -0.25) is 0 Å². The van der Waals surface area contributed by atoms with Gasteiger partial charge in [0.15, 0.2) is 0 Å². The number of sulfonamides is 1. The van der Waals surface area contributed by atoms with E-state index in [-0.39, 0.29) is 0 Å². The minimum absolute atomic E-state index is 0.328. The Morgan fingerprint density at radius 1 is 1.26 bits per heavy atom. The molecule has 2 N–H and O–H groups in total. The molecular formula is C12H15ClN2O2S2. The molecule has 0 fully saturated rings. The molecule has 104 valence electrons. The molecule has 0 bridgehead atoms. The van der Waals surface area contributed by atoms with E-state index < -0.39 is 10.0 Å². The zero-order valence-electron chi connectivity index (χ0n) is 10.4. The van der Waals surface area contributed by atoms with E-state index in [4.69, 9.17) is 11.6 Å². The van der Waals surface area contributed by atoms with Crippen LogP contribution >= 0.6 is 22.9 Å². The van der Waals surface area contributed by atoms with E-state index in [9.17, 15) is 8.42 Å². The third-order valence-corrected chi connectivity index (χ3v) is 5.90. The van der Waals surface area contributed by atoms with Crippen LogP contribution in [-0.2, 0) is 10.0 Å². The van der Waals surface area contributed by atoms with E-state index in [2.05, 4.69) is 10.0 Å². The fraction of sp³-hybridized carbons (Fsp3) is 0.333. The minimum atomic E-state index is -3.42. The Kier molecular flexibility index (Phi) is 4.81. The number of hydrogen-bond donors (Lipinski definition) is 2. The number of nitrogens with one attached hydrogen (secondary N) is 2. The summed E-state index contributed by atoms with van der Waals surface area (Å²) >= 11 is 7.15. The summed E-state index contributed by atoms with van der Waals surface area (Å²) < 4.78 is 28.0. The van der Waals surface area contributed by atoms with Crippen LogP contribution < -0.4 is 10.0 Å². The van der Waals surface area contributed by atoms with Gasteiger partial charge in [0.25, 0.3) is 0 Å². The Morgan fingerprint density at radius 2 is 2.05 bits per heavy atom. The maximum atomic E-state index is 12.1. The van der Waals surface area contributed by atoms with Gasteiger partial charge in [-0.15, -0.1) is 11.3 Å². The van der Waals surface area contributed by atoms with Crippen molar-refractivity contribution in [3.63, 3.8) is 0 Å². The molecule has 0 aliphatic rings. The fourth-order valence-electron chi connectivity index (χ4n) is 1.67. The second-order valence-corrected chi connectivity index (χ2v) is 7.62. The lowest BCUT2D eigenvalue weighted by molar-refractivity contribution is 0.579. The molecule has 0 aliphatic carbocycles. The normalized spacial score (nSPS) is 12.1. The highest BCUT2D eigenvalue weighted by molar-refractivity contribution is 7.91. The highest BCUT2D eigenvalue weighted by atomic mass is 35.5. The quantitative estimate of drug-likeness (QED) is 0.804. The van der Waals surface area contributed by atoms with Gasteiger partial charge in [0.05, 0.1) is 0 Å². The molecule has 1 aromatic heterocycles. The van der Waals surface area contributed by atoms with Crippen molar-refractivity contribution in [2.45, 2.75) is 10.6 Å². The van der Waals surface area contributed by atoms with Gasteiger partial charge in [-0.1, -0.05) is 11.6 Å². The van der Waals surface area contributed by atoms with Crippen LogP contribution in [0.5, 0.6) is 0 Å².